The highest BCUT2D eigenvalue weighted by atomic mass is 19.1. The van der Waals surface area contributed by atoms with Crippen LogP contribution in [0.25, 0.3) is 0 Å². The number of carbonyl (C=O) groups is 1. The number of amides is 1. The molecule has 0 bridgehead atoms. The third-order valence-electron chi connectivity index (χ3n) is 2.19. The number of hydrogen-bond donors (Lipinski definition) is 1. The van der Waals surface area contributed by atoms with Crippen molar-refractivity contribution in [3.05, 3.63) is 59.3 Å². The molecule has 2 nitrogen and oxygen atoms in total. The first-order chi connectivity index (χ1) is 7.97. The molecule has 0 unspecified atom stereocenters. The van der Waals surface area contributed by atoms with Crippen molar-refractivity contribution in [1.29, 1.82) is 0 Å². The van der Waals surface area contributed by atoms with Crippen LogP contribution in [-0.2, 0) is 0 Å². The number of allylic oxidation sites excluding steroid dienone is 2. The average molecular weight is 237 g/mol. The highest BCUT2D eigenvalue weighted by Crippen LogP contribution is 2.13. The zero-order chi connectivity index (χ0) is 13.0. The molecule has 1 aromatic rings. The lowest BCUT2D eigenvalue weighted by molar-refractivity contribution is 0.0958. The SMILES string of the molecule is C=C(C)/C(=C\C)NC(=O)c1c(F)cccc1F. The Morgan fingerprint density at radius 1 is 1.35 bits per heavy atom. The van der Waals surface area contributed by atoms with Gasteiger partial charge in [0.1, 0.15) is 17.2 Å². The van der Waals surface area contributed by atoms with E-state index in [9.17, 15) is 13.6 Å². The zero-order valence-corrected chi connectivity index (χ0v) is 9.68. The fourth-order valence-electron chi connectivity index (χ4n) is 1.32. The van der Waals surface area contributed by atoms with Gasteiger partial charge in [-0.25, -0.2) is 8.78 Å². The van der Waals surface area contributed by atoms with Crippen molar-refractivity contribution in [3.8, 4) is 0 Å². The van der Waals surface area contributed by atoms with Crippen LogP contribution in [0.4, 0.5) is 8.78 Å². The Balaban J connectivity index is 3.02. The van der Waals surface area contributed by atoms with Crippen LogP contribution in [0, 0.1) is 11.6 Å². The monoisotopic (exact) mass is 237 g/mol. The van der Waals surface area contributed by atoms with Gasteiger partial charge in [0.25, 0.3) is 5.91 Å². The van der Waals surface area contributed by atoms with Gasteiger partial charge in [0, 0.05) is 5.70 Å². The summed E-state index contributed by atoms with van der Waals surface area (Å²) in [5.74, 6) is -2.60. The molecule has 1 N–H and O–H groups in total. The van der Waals surface area contributed by atoms with E-state index < -0.39 is 23.1 Å². The molecule has 0 aliphatic rings. The molecular weight excluding hydrogens is 224 g/mol. The van der Waals surface area contributed by atoms with Crippen LogP contribution in [0.5, 0.6) is 0 Å². The average Bonchev–Trinajstić information content (AvgIpc) is 2.25. The number of benzene rings is 1. The van der Waals surface area contributed by atoms with Gasteiger partial charge in [0.15, 0.2) is 0 Å². The van der Waals surface area contributed by atoms with Crippen LogP contribution < -0.4 is 5.32 Å². The molecule has 0 fully saturated rings. The number of rotatable bonds is 3. The van der Waals surface area contributed by atoms with Gasteiger partial charge in [-0.2, -0.15) is 0 Å². The molecule has 0 spiro atoms. The largest absolute Gasteiger partial charge is 0.322 e. The van der Waals surface area contributed by atoms with Gasteiger partial charge in [-0.3, -0.25) is 4.79 Å². The summed E-state index contributed by atoms with van der Waals surface area (Å²) in [7, 11) is 0. The molecular formula is C13H13F2NO. The number of hydrogen-bond acceptors (Lipinski definition) is 1. The Kier molecular flexibility index (Phi) is 4.15. The predicted octanol–water partition coefficient (Wildman–Crippen LogP) is 3.17. The molecule has 1 amide bonds. The summed E-state index contributed by atoms with van der Waals surface area (Å²) in [6.45, 7) is 7.03. The summed E-state index contributed by atoms with van der Waals surface area (Å²) in [5.41, 5.74) is 0.461. The van der Waals surface area contributed by atoms with Gasteiger partial charge in [-0.15, -0.1) is 0 Å². The molecule has 0 saturated carbocycles. The number of carbonyl (C=O) groups excluding carboxylic acids is 1. The van der Waals surface area contributed by atoms with E-state index in [4.69, 9.17) is 0 Å². The Bertz CT molecular complexity index is 472. The molecule has 0 radical (unpaired) electrons. The molecule has 0 saturated heterocycles. The summed E-state index contributed by atoms with van der Waals surface area (Å²) in [6, 6.07) is 3.28. The second-order valence-electron chi connectivity index (χ2n) is 3.53. The fourth-order valence-corrected chi connectivity index (χ4v) is 1.32. The summed E-state index contributed by atoms with van der Waals surface area (Å²) in [5, 5.41) is 2.41. The molecule has 4 heteroatoms. The third-order valence-corrected chi connectivity index (χ3v) is 2.19. The Hall–Kier alpha value is -1.97. The summed E-state index contributed by atoms with van der Waals surface area (Å²) >= 11 is 0. The zero-order valence-electron chi connectivity index (χ0n) is 9.68. The van der Waals surface area contributed by atoms with Crippen LogP contribution in [-0.4, -0.2) is 5.91 Å². The molecule has 0 heterocycles. The molecule has 0 aliphatic carbocycles. The lowest BCUT2D eigenvalue weighted by Gasteiger charge is -2.10. The van der Waals surface area contributed by atoms with E-state index in [0.717, 1.165) is 12.1 Å². The first-order valence-corrected chi connectivity index (χ1v) is 5.05. The highest BCUT2D eigenvalue weighted by Gasteiger charge is 2.17. The predicted molar refractivity (Wildman–Crippen MR) is 62.4 cm³/mol. The van der Waals surface area contributed by atoms with E-state index in [1.807, 2.05) is 0 Å². The maximum absolute atomic E-state index is 13.3. The molecule has 90 valence electrons. The van der Waals surface area contributed by atoms with E-state index in [0.29, 0.717) is 11.3 Å². The lowest BCUT2D eigenvalue weighted by atomic mass is 10.1. The van der Waals surface area contributed by atoms with Crippen molar-refractivity contribution in [3.63, 3.8) is 0 Å². The van der Waals surface area contributed by atoms with Crippen LogP contribution in [0.1, 0.15) is 24.2 Å². The molecule has 0 aliphatic heterocycles. The third kappa shape index (κ3) is 3.00. The Morgan fingerprint density at radius 2 is 1.88 bits per heavy atom. The normalized spacial score (nSPS) is 11.2. The smallest absolute Gasteiger partial charge is 0.261 e. The van der Waals surface area contributed by atoms with E-state index in [1.165, 1.54) is 6.07 Å². The van der Waals surface area contributed by atoms with E-state index in [2.05, 4.69) is 11.9 Å². The van der Waals surface area contributed by atoms with E-state index in [-0.39, 0.29) is 0 Å². The first-order valence-electron chi connectivity index (χ1n) is 5.05. The lowest BCUT2D eigenvalue weighted by Crippen LogP contribution is -2.25. The van der Waals surface area contributed by atoms with E-state index >= 15 is 0 Å². The van der Waals surface area contributed by atoms with Gasteiger partial charge < -0.3 is 5.32 Å². The van der Waals surface area contributed by atoms with Crippen molar-refractivity contribution < 1.29 is 13.6 Å². The maximum Gasteiger partial charge on any atom is 0.261 e. The van der Waals surface area contributed by atoms with Gasteiger partial charge in [-0.05, 0) is 31.6 Å². The van der Waals surface area contributed by atoms with Crippen molar-refractivity contribution in [1.82, 2.24) is 5.32 Å². The maximum atomic E-state index is 13.3. The fraction of sp³-hybridized carbons (Fsp3) is 0.154. The summed E-state index contributed by atoms with van der Waals surface area (Å²) in [6.07, 6.45) is 1.61. The molecule has 1 rings (SSSR count). The van der Waals surface area contributed by atoms with Gasteiger partial charge in [0.05, 0.1) is 0 Å². The van der Waals surface area contributed by atoms with E-state index in [1.54, 1.807) is 19.9 Å². The molecule has 17 heavy (non-hydrogen) atoms. The number of halogens is 2. The molecule has 0 atom stereocenters. The second kappa shape index (κ2) is 5.39. The van der Waals surface area contributed by atoms with Gasteiger partial charge >= 0.3 is 0 Å². The highest BCUT2D eigenvalue weighted by molar-refractivity contribution is 5.96. The minimum absolute atomic E-state index is 0.442. The minimum Gasteiger partial charge on any atom is -0.322 e. The Labute approximate surface area is 98.6 Å². The second-order valence-corrected chi connectivity index (χ2v) is 3.53. The van der Waals surface area contributed by atoms with Crippen LogP contribution in [0.3, 0.4) is 0 Å². The first kappa shape index (κ1) is 13.1. The minimum atomic E-state index is -0.889. The van der Waals surface area contributed by atoms with Gasteiger partial charge in [0.2, 0.25) is 0 Å². The van der Waals surface area contributed by atoms with Gasteiger partial charge in [-0.1, -0.05) is 18.7 Å². The number of nitrogens with one attached hydrogen (secondary N) is 1. The quantitative estimate of drug-likeness (QED) is 0.804. The summed E-state index contributed by atoms with van der Waals surface area (Å²) < 4.78 is 26.6. The van der Waals surface area contributed by atoms with Crippen molar-refractivity contribution in [2.24, 2.45) is 0 Å². The van der Waals surface area contributed by atoms with Crippen LogP contribution in [0.2, 0.25) is 0 Å². The summed E-state index contributed by atoms with van der Waals surface area (Å²) in [4.78, 5) is 11.7. The Morgan fingerprint density at radius 3 is 2.29 bits per heavy atom. The van der Waals surface area contributed by atoms with Crippen molar-refractivity contribution in [2.45, 2.75) is 13.8 Å². The molecule has 0 aromatic heterocycles. The topological polar surface area (TPSA) is 29.1 Å². The van der Waals surface area contributed by atoms with Crippen LogP contribution >= 0.6 is 0 Å². The standard InChI is InChI=1S/C13H13F2NO/c1-4-11(8(2)3)16-13(17)12-9(14)6-5-7-10(12)15/h4-7H,2H2,1,3H3,(H,16,17)/b11-4+. The van der Waals surface area contributed by atoms with Crippen LogP contribution in [0.15, 0.2) is 42.1 Å². The van der Waals surface area contributed by atoms with Crippen molar-refractivity contribution >= 4 is 5.91 Å². The molecule has 1 aromatic carbocycles. The van der Waals surface area contributed by atoms with Crippen molar-refractivity contribution in [2.75, 3.05) is 0 Å².